The molecular formula is C28H37N9O3. The zero-order valence-corrected chi connectivity index (χ0v) is 23.4. The Morgan fingerprint density at radius 1 is 1.27 bits per heavy atom. The van der Waals surface area contributed by atoms with E-state index in [0.717, 1.165) is 22.5 Å². The Balaban J connectivity index is 1.66. The molecule has 0 fully saturated rings. The van der Waals surface area contributed by atoms with Gasteiger partial charge in [-0.2, -0.15) is 14.7 Å². The lowest BCUT2D eigenvalue weighted by molar-refractivity contribution is -0.131. The maximum atomic E-state index is 12.7. The number of carbonyl (C=O) groups is 2. The first-order valence-electron chi connectivity index (χ1n) is 13.3. The Morgan fingerprint density at radius 3 is 2.65 bits per heavy atom. The third kappa shape index (κ3) is 5.58. The lowest BCUT2D eigenvalue weighted by Crippen LogP contribution is -2.46. The summed E-state index contributed by atoms with van der Waals surface area (Å²) in [5.74, 6) is -0.482. The fraction of sp³-hybridized carbons (Fsp3) is 0.429. The van der Waals surface area contributed by atoms with Gasteiger partial charge < -0.3 is 21.9 Å². The molecule has 0 radical (unpaired) electrons. The highest BCUT2D eigenvalue weighted by Crippen LogP contribution is 2.32. The van der Waals surface area contributed by atoms with E-state index in [1.165, 1.54) is 11.4 Å². The molecule has 3 aromatic rings. The number of nitrogens with two attached hydrogens (primary N) is 2. The number of hydrogen-bond donors (Lipinski definition) is 4. The molecule has 0 saturated carbocycles. The number of Topliss-reactive ketones (excluding diaryl/α,β-unsaturated/α-hetero) is 1. The van der Waals surface area contributed by atoms with Gasteiger partial charge in [-0.15, -0.1) is 0 Å². The second-order valence-electron chi connectivity index (χ2n) is 10.3. The van der Waals surface area contributed by atoms with Crippen LogP contribution >= 0.6 is 0 Å². The minimum atomic E-state index is -1.06. The van der Waals surface area contributed by atoms with Gasteiger partial charge in [0.05, 0.1) is 40.9 Å². The van der Waals surface area contributed by atoms with Gasteiger partial charge in [-0.05, 0) is 32.8 Å². The number of carbonyl (C=O) groups excluding carboxylic acids is 2. The Kier molecular flexibility index (Phi) is 8.60. The lowest BCUT2D eigenvalue weighted by Gasteiger charge is -2.25. The molecule has 1 amide bonds. The monoisotopic (exact) mass is 547 g/mol. The van der Waals surface area contributed by atoms with Gasteiger partial charge in [0.25, 0.3) is 0 Å². The highest BCUT2D eigenvalue weighted by Gasteiger charge is 2.31. The summed E-state index contributed by atoms with van der Waals surface area (Å²) in [7, 11) is 1.87. The molecule has 212 valence electrons. The summed E-state index contributed by atoms with van der Waals surface area (Å²) in [4.78, 5) is 34.9. The quantitative estimate of drug-likeness (QED) is 0.262. The number of allylic oxidation sites excluding steroid dienone is 1. The summed E-state index contributed by atoms with van der Waals surface area (Å²) >= 11 is 0. The summed E-state index contributed by atoms with van der Waals surface area (Å²) in [6.45, 7) is 5.07. The van der Waals surface area contributed by atoms with Crippen LogP contribution in [0.25, 0.3) is 16.8 Å². The van der Waals surface area contributed by atoms with Crippen molar-refractivity contribution in [3.05, 3.63) is 53.8 Å². The first-order chi connectivity index (χ1) is 19.1. The van der Waals surface area contributed by atoms with Gasteiger partial charge in [0.2, 0.25) is 5.91 Å². The van der Waals surface area contributed by atoms with Crippen LogP contribution in [0.1, 0.15) is 67.7 Å². The number of fused-ring (bicyclic) bond motifs is 1. The van der Waals surface area contributed by atoms with Gasteiger partial charge in [-0.1, -0.05) is 19.1 Å². The van der Waals surface area contributed by atoms with E-state index in [9.17, 15) is 14.7 Å². The predicted molar refractivity (Wildman–Crippen MR) is 154 cm³/mol. The van der Waals surface area contributed by atoms with Gasteiger partial charge >= 0.3 is 0 Å². The molecule has 4 rings (SSSR count). The second kappa shape index (κ2) is 11.9. The third-order valence-corrected chi connectivity index (χ3v) is 7.35. The van der Waals surface area contributed by atoms with Gasteiger partial charge in [0, 0.05) is 56.0 Å². The topological polar surface area (TPSA) is 177 Å². The van der Waals surface area contributed by atoms with Crippen molar-refractivity contribution in [3.8, 4) is 11.1 Å². The minimum absolute atomic E-state index is 0.0256. The number of rotatable bonds is 11. The largest absolute Gasteiger partial charge is 0.395 e. The smallest absolute Gasteiger partial charge is 0.229 e. The number of ketones is 1. The molecule has 0 aliphatic carbocycles. The number of hydrogen-bond acceptors (Lipinski definition) is 10. The van der Waals surface area contributed by atoms with Crippen molar-refractivity contribution in [1.29, 1.82) is 0 Å². The first-order valence-corrected chi connectivity index (χ1v) is 13.3. The summed E-state index contributed by atoms with van der Waals surface area (Å²) in [5.41, 5.74) is 15.7. The number of nitrogen functional groups attached to an aromatic ring is 1. The maximum absolute atomic E-state index is 12.7. The van der Waals surface area contributed by atoms with Gasteiger partial charge in [0.15, 0.2) is 11.4 Å². The molecule has 0 spiro atoms. The van der Waals surface area contributed by atoms with Crippen molar-refractivity contribution in [2.45, 2.75) is 46.0 Å². The van der Waals surface area contributed by atoms with E-state index in [4.69, 9.17) is 16.5 Å². The van der Waals surface area contributed by atoms with Gasteiger partial charge in [-0.25, -0.2) is 4.98 Å². The van der Waals surface area contributed by atoms with E-state index in [-0.39, 0.29) is 36.6 Å². The standard InChI is InChI=1S/C28H37N9O3/c1-5-18(10-11-31-27(40)28(3,15-29)16-38)24-23(17(2)39)25(30)37-26(34-24)20(14-33-37)19-8-9-21(32-13-19)22-7-6-12-36(4)35-22/h6,8-9,12-14,18,38H,5,7,10-11,15-16,29-30H2,1-4H3,(H,31,40). The molecule has 0 aromatic carbocycles. The Morgan fingerprint density at radius 2 is 2.05 bits per heavy atom. The van der Waals surface area contributed by atoms with Crippen molar-refractivity contribution in [1.82, 2.24) is 29.9 Å². The van der Waals surface area contributed by atoms with E-state index in [0.29, 0.717) is 42.7 Å². The van der Waals surface area contributed by atoms with Crippen LogP contribution in [0.2, 0.25) is 0 Å². The Bertz CT molecular complexity index is 1460. The van der Waals surface area contributed by atoms with E-state index in [1.807, 2.05) is 38.4 Å². The highest BCUT2D eigenvalue weighted by molar-refractivity contribution is 6.01. The maximum Gasteiger partial charge on any atom is 0.229 e. The van der Waals surface area contributed by atoms with Crippen molar-refractivity contribution < 1.29 is 14.7 Å². The third-order valence-electron chi connectivity index (χ3n) is 7.35. The molecule has 0 bridgehead atoms. The number of aliphatic hydroxyl groups is 1. The van der Waals surface area contributed by atoms with Gasteiger partial charge in [-0.3, -0.25) is 19.6 Å². The summed E-state index contributed by atoms with van der Waals surface area (Å²) < 4.78 is 1.48. The van der Waals surface area contributed by atoms with Crippen molar-refractivity contribution >= 4 is 28.9 Å². The zero-order valence-electron chi connectivity index (χ0n) is 23.4. The normalized spacial score (nSPS) is 15.6. The van der Waals surface area contributed by atoms with Crippen LogP contribution in [0.15, 0.2) is 41.9 Å². The summed E-state index contributed by atoms with van der Waals surface area (Å²) in [5, 5.41) is 23.1. The zero-order chi connectivity index (χ0) is 29.0. The minimum Gasteiger partial charge on any atom is -0.395 e. The van der Waals surface area contributed by atoms with Crippen LogP contribution in [0.3, 0.4) is 0 Å². The lowest BCUT2D eigenvalue weighted by atomic mass is 9.90. The van der Waals surface area contributed by atoms with E-state index >= 15 is 0 Å². The van der Waals surface area contributed by atoms with E-state index < -0.39 is 5.41 Å². The fourth-order valence-corrected chi connectivity index (χ4v) is 4.69. The molecule has 12 nitrogen and oxygen atoms in total. The number of pyridine rings is 1. The van der Waals surface area contributed by atoms with Crippen molar-refractivity contribution in [3.63, 3.8) is 0 Å². The molecular weight excluding hydrogens is 510 g/mol. The first kappa shape index (κ1) is 28.8. The van der Waals surface area contributed by atoms with Crippen LogP contribution in [0.5, 0.6) is 0 Å². The predicted octanol–water partition coefficient (Wildman–Crippen LogP) is 2.09. The molecule has 40 heavy (non-hydrogen) atoms. The number of aliphatic hydroxyl groups excluding tert-OH is 1. The molecule has 12 heteroatoms. The average Bonchev–Trinajstić information content (AvgIpc) is 3.39. The number of hydrazone groups is 1. The Labute approximate surface area is 233 Å². The van der Waals surface area contributed by atoms with Crippen molar-refractivity contribution in [2.75, 3.05) is 32.5 Å². The molecule has 1 aliphatic heterocycles. The van der Waals surface area contributed by atoms with Crippen molar-refractivity contribution in [2.24, 2.45) is 16.3 Å². The van der Waals surface area contributed by atoms with Gasteiger partial charge in [0.1, 0.15) is 5.82 Å². The number of amides is 1. The summed E-state index contributed by atoms with van der Waals surface area (Å²) in [6.07, 6.45) is 9.24. The van der Waals surface area contributed by atoms with E-state index in [2.05, 4.69) is 20.5 Å². The Hall–Kier alpha value is -4.16. The number of nitrogens with zero attached hydrogens (tertiary/aromatic N) is 6. The van der Waals surface area contributed by atoms with Crippen LogP contribution in [0.4, 0.5) is 5.82 Å². The SMILES string of the molecule is CCC(CCNC(=O)C(C)(CN)CO)c1nc2c(-c3ccc(C4=NN(C)C=CC4)nc3)cnn2c(N)c1C(C)=O. The number of aromatic nitrogens is 4. The number of anilines is 1. The molecule has 6 N–H and O–H groups in total. The molecule has 2 atom stereocenters. The van der Waals surface area contributed by atoms with Crippen LogP contribution in [-0.2, 0) is 4.79 Å². The van der Waals surface area contributed by atoms with Crippen LogP contribution in [-0.4, -0.2) is 73.8 Å². The molecule has 3 aromatic heterocycles. The van der Waals surface area contributed by atoms with Crippen LogP contribution < -0.4 is 16.8 Å². The average molecular weight is 548 g/mol. The molecule has 4 heterocycles. The summed E-state index contributed by atoms with van der Waals surface area (Å²) in [6, 6.07) is 3.86. The van der Waals surface area contributed by atoms with E-state index in [1.54, 1.807) is 24.3 Å². The molecule has 2 unspecified atom stereocenters. The molecule has 1 aliphatic rings. The van der Waals surface area contributed by atoms with Crippen LogP contribution in [0, 0.1) is 5.41 Å². The molecule has 0 saturated heterocycles. The highest BCUT2D eigenvalue weighted by atomic mass is 16.3. The fourth-order valence-electron chi connectivity index (χ4n) is 4.69. The number of nitrogens with one attached hydrogen (secondary N) is 1. The second-order valence-corrected chi connectivity index (χ2v) is 10.3.